The third-order valence-corrected chi connectivity index (χ3v) is 5.16. The fourth-order valence-corrected chi connectivity index (χ4v) is 3.42. The number of benzene rings is 1. The van der Waals surface area contributed by atoms with Crippen molar-refractivity contribution >= 4 is 5.96 Å². The summed E-state index contributed by atoms with van der Waals surface area (Å²) in [4.78, 5) is 7.20. The summed E-state index contributed by atoms with van der Waals surface area (Å²) in [6.45, 7) is 6.90. The van der Waals surface area contributed by atoms with Crippen LogP contribution in [0.1, 0.15) is 17.7 Å². The van der Waals surface area contributed by atoms with Gasteiger partial charge in [0.1, 0.15) is 5.76 Å². The summed E-state index contributed by atoms with van der Waals surface area (Å²) in [5, 5.41) is 6.86. The quantitative estimate of drug-likeness (QED) is 0.322. The fourth-order valence-electron chi connectivity index (χ4n) is 3.42. The number of rotatable bonds is 11. The molecule has 8 nitrogen and oxygen atoms in total. The molecule has 1 aliphatic heterocycles. The normalized spacial score (nSPS) is 15.0. The maximum atomic E-state index is 5.42. The zero-order chi connectivity index (χ0) is 21.7. The van der Waals surface area contributed by atoms with Crippen molar-refractivity contribution in [2.24, 2.45) is 4.99 Å². The molecule has 0 saturated carbocycles. The zero-order valence-electron chi connectivity index (χ0n) is 18.6. The van der Waals surface area contributed by atoms with Crippen LogP contribution in [0.4, 0.5) is 0 Å². The molecule has 1 aromatic heterocycles. The summed E-state index contributed by atoms with van der Waals surface area (Å²) in [7, 11) is 3.28. The Kier molecular flexibility index (Phi) is 9.53. The highest BCUT2D eigenvalue weighted by molar-refractivity contribution is 5.79. The van der Waals surface area contributed by atoms with E-state index >= 15 is 0 Å². The van der Waals surface area contributed by atoms with Crippen LogP contribution in [0, 0.1) is 0 Å². The first-order valence-electron chi connectivity index (χ1n) is 10.8. The van der Waals surface area contributed by atoms with Gasteiger partial charge in [-0.1, -0.05) is 6.07 Å². The molecule has 2 heterocycles. The number of morpholine rings is 1. The molecule has 0 bridgehead atoms. The van der Waals surface area contributed by atoms with E-state index in [1.54, 1.807) is 20.5 Å². The number of nitrogens with zero attached hydrogens (tertiary/aromatic N) is 2. The smallest absolute Gasteiger partial charge is 0.191 e. The van der Waals surface area contributed by atoms with Crippen molar-refractivity contribution in [1.82, 2.24) is 15.5 Å². The number of aliphatic imine (C=N–C) groups is 1. The fraction of sp³-hybridized carbons (Fsp3) is 0.522. The van der Waals surface area contributed by atoms with Crippen molar-refractivity contribution in [3.8, 4) is 11.5 Å². The molecule has 0 atom stereocenters. The van der Waals surface area contributed by atoms with E-state index in [1.165, 1.54) is 0 Å². The Balaban J connectivity index is 1.53. The summed E-state index contributed by atoms with van der Waals surface area (Å²) in [5.41, 5.74) is 1.05. The first kappa shape index (κ1) is 23.0. The molecule has 0 spiro atoms. The topological polar surface area (TPSA) is 80.5 Å². The lowest BCUT2D eigenvalue weighted by Crippen LogP contribution is -2.41. The maximum absolute atomic E-state index is 5.42. The van der Waals surface area contributed by atoms with Crippen molar-refractivity contribution in [3.63, 3.8) is 0 Å². The van der Waals surface area contributed by atoms with Crippen LogP contribution in [0.25, 0.3) is 0 Å². The van der Waals surface area contributed by atoms with Crippen molar-refractivity contribution < 1.29 is 18.6 Å². The van der Waals surface area contributed by atoms with E-state index in [2.05, 4.69) is 15.5 Å². The minimum absolute atomic E-state index is 0.542. The Hall–Kier alpha value is -2.71. The van der Waals surface area contributed by atoms with Crippen LogP contribution in [0.3, 0.4) is 0 Å². The molecule has 1 aliphatic rings. The third kappa shape index (κ3) is 7.80. The van der Waals surface area contributed by atoms with Gasteiger partial charge in [0, 0.05) is 32.6 Å². The molecule has 8 heteroatoms. The predicted molar refractivity (Wildman–Crippen MR) is 121 cm³/mol. The SMILES string of the molecule is COc1ccc(CN=C(NCCCN2CCOCC2)NCCc2ccco2)cc1OC. The molecule has 0 amide bonds. The first-order valence-corrected chi connectivity index (χ1v) is 10.8. The van der Waals surface area contributed by atoms with Crippen LogP contribution in [0.2, 0.25) is 0 Å². The van der Waals surface area contributed by atoms with E-state index in [0.717, 1.165) is 76.1 Å². The van der Waals surface area contributed by atoms with Crippen LogP contribution < -0.4 is 20.1 Å². The maximum Gasteiger partial charge on any atom is 0.191 e. The Morgan fingerprint density at radius 1 is 1.06 bits per heavy atom. The number of nitrogens with one attached hydrogen (secondary N) is 2. The van der Waals surface area contributed by atoms with Gasteiger partial charge in [0.15, 0.2) is 17.5 Å². The van der Waals surface area contributed by atoms with Gasteiger partial charge < -0.3 is 29.3 Å². The molecule has 1 fully saturated rings. The molecule has 1 aromatic carbocycles. The highest BCUT2D eigenvalue weighted by atomic mass is 16.5. The minimum Gasteiger partial charge on any atom is -0.493 e. The molecule has 31 heavy (non-hydrogen) atoms. The second-order valence-corrected chi connectivity index (χ2v) is 7.34. The average molecular weight is 431 g/mol. The Morgan fingerprint density at radius 3 is 2.61 bits per heavy atom. The van der Waals surface area contributed by atoms with Gasteiger partial charge in [-0.3, -0.25) is 4.90 Å². The number of furan rings is 1. The van der Waals surface area contributed by atoms with Crippen LogP contribution >= 0.6 is 0 Å². The van der Waals surface area contributed by atoms with E-state index in [4.69, 9.17) is 23.6 Å². The van der Waals surface area contributed by atoms with E-state index in [-0.39, 0.29) is 0 Å². The van der Waals surface area contributed by atoms with Crippen molar-refractivity contribution in [2.75, 3.05) is 60.2 Å². The summed E-state index contributed by atoms with van der Waals surface area (Å²) < 4.78 is 21.5. The second-order valence-electron chi connectivity index (χ2n) is 7.34. The van der Waals surface area contributed by atoms with Gasteiger partial charge in [-0.2, -0.15) is 0 Å². The molecule has 3 rings (SSSR count). The highest BCUT2D eigenvalue weighted by Gasteiger charge is 2.10. The zero-order valence-corrected chi connectivity index (χ0v) is 18.6. The average Bonchev–Trinajstić information content (AvgIpc) is 3.33. The molecule has 1 saturated heterocycles. The summed E-state index contributed by atoms with van der Waals surface area (Å²) in [5.74, 6) is 3.18. The van der Waals surface area contributed by atoms with Gasteiger partial charge in [-0.25, -0.2) is 4.99 Å². The van der Waals surface area contributed by atoms with E-state index in [1.807, 2.05) is 30.3 Å². The summed E-state index contributed by atoms with van der Waals surface area (Å²) >= 11 is 0. The summed E-state index contributed by atoms with van der Waals surface area (Å²) in [6.07, 6.45) is 3.55. The second kappa shape index (κ2) is 12.9. The van der Waals surface area contributed by atoms with E-state index in [9.17, 15) is 0 Å². The van der Waals surface area contributed by atoms with Gasteiger partial charge in [0.25, 0.3) is 0 Å². The van der Waals surface area contributed by atoms with Crippen molar-refractivity contribution in [1.29, 1.82) is 0 Å². The number of guanidine groups is 1. The molecule has 0 unspecified atom stereocenters. The molecule has 0 aliphatic carbocycles. The largest absolute Gasteiger partial charge is 0.493 e. The Labute approximate surface area is 184 Å². The number of hydrogen-bond acceptors (Lipinski definition) is 6. The van der Waals surface area contributed by atoms with Crippen molar-refractivity contribution in [3.05, 3.63) is 47.9 Å². The molecule has 0 radical (unpaired) electrons. The number of hydrogen-bond donors (Lipinski definition) is 2. The molecular formula is C23H34N4O4. The van der Waals surface area contributed by atoms with Crippen LogP contribution in [-0.2, 0) is 17.7 Å². The summed E-state index contributed by atoms with van der Waals surface area (Å²) in [6, 6.07) is 9.76. The molecule has 170 valence electrons. The van der Waals surface area contributed by atoms with Gasteiger partial charge in [-0.05, 0) is 42.8 Å². The Morgan fingerprint density at radius 2 is 1.87 bits per heavy atom. The minimum atomic E-state index is 0.542. The Bertz CT molecular complexity index is 789. The predicted octanol–water partition coefficient (Wildman–Crippen LogP) is 2.30. The lowest BCUT2D eigenvalue weighted by atomic mass is 10.2. The van der Waals surface area contributed by atoms with Crippen LogP contribution in [0.5, 0.6) is 11.5 Å². The van der Waals surface area contributed by atoms with Gasteiger partial charge in [0.2, 0.25) is 0 Å². The van der Waals surface area contributed by atoms with Gasteiger partial charge >= 0.3 is 0 Å². The molecule has 2 N–H and O–H groups in total. The third-order valence-electron chi connectivity index (χ3n) is 5.16. The number of ether oxygens (including phenoxy) is 3. The van der Waals surface area contributed by atoms with Crippen LogP contribution in [-0.4, -0.2) is 71.0 Å². The van der Waals surface area contributed by atoms with Gasteiger partial charge in [-0.15, -0.1) is 0 Å². The van der Waals surface area contributed by atoms with E-state index < -0.39 is 0 Å². The monoisotopic (exact) mass is 430 g/mol. The van der Waals surface area contributed by atoms with Crippen molar-refractivity contribution in [2.45, 2.75) is 19.4 Å². The van der Waals surface area contributed by atoms with Crippen LogP contribution in [0.15, 0.2) is 46.0 Å². The lowest BCUT2D eigenvalue weighted by Gasteiger charge is -2.26. The molecule has 2 aromatic rings. The van der Waals surface area contributed by atoms with Gasteiger partial charge in [0.05, 0.1) is 40.2 Å². The first-order chi connectivity index (χ1) is 15.3. The number of methoxy groups -OCH3 is 2. The molecular weight excluding hydrogens is 396 g/mol. The van der Waals surface area contributed by atoms with E-state index in [0.29, 0.717) is 18.0 Å². The lowest BCUT2D eigenvalue weighted by molar-refractivity contribution is 0.0376. The standard InChI is InChI=1S/C23H34N4O4/c1-28-21-7-6-19(17-22(21)29-2)18-26-23(25-10-8-20-5-3-14-31-20)24-9-4-11-27-12-15-30-16-13-27/h3,5-7,14,17H,4,8-13,15-16,18H2,1-2H3,(H2,24,25,26). The highest BCUT2D eigenvalue weighted by Crippen LogP contribution is 2.27.